The third kappa shape index (κ3) is 1.75. The lowest BCUT2D eigenvalue weighted by molar-refractivity contribution is 0.0963. The highest BCUT2D eigenvalue weighted by molar-refractivity contribution is 5.93. The normalized spacial score (nSPS) is 9.17. The molecular formula is C9H10NO2. The summed E-state index contributed by atoms with van der Waals surface area (Å²) >= 11 is 0. The summed E-state index contributed by atoms with van der Waals surface area (Å²) in [6, 6.07) is 7.80. The van der Waals surface area contributed by atoms with Gasteiger partial charge in [0.05, 0.1) is 7.11 Å². The molecule has 1 rings (SSSR count). The average molecular weight is 164 g/mol. The number of hydrogen-bond acceptors (Lipinski definition) is 2. The van der Waals surface area contributed by atoms with Crippen LogP contribution in [0.3, 0.4) is 0 Å². The molecule has 0 fully saturated rings. The van der Waals surface area contributed by atoms with E-state index < -0.39 is 0 Å². The van der Waals surface area contributed by atoms with Gasteiger partial charge in [0.2, 0.25) is 0 Å². The standard InChI is InChI=1S/C9H10NO2/c1-10-9(11)7-3-5-8(12-2)6-4-7/h3-5H,1-2H3,(H,10,11). The van der Waals surface area contributed by atoms with Crippen molar-refractivity contribution in [3.05, 3.63) is 29.8 Å². The second kappa shape index (κ2) is 3.76. The van der Waals surface area contributed by atoms with Crippen LogP contribution in [0.25, 0.3) is 0 Å². The van der Waals surface area contributed by atoms with Crippen molar-refractivity contribution >= 4 is 5.91 Å². The molecule has 0 atom stereocenters. The minimum Gasteiger partial charge on any atom is -0.496 e. The highest BCUT2D eigenvalue weighted by Crippen LogP contribution is 2.09. The molecule has 63 valence electrons. The number of methoxy groups -OCH3 is 1. The molecule has 0 aromatic heterocycles. The Morgan fingerprint density at radius 2 is 2.33 bits per heavy atom. The molecule has 0 spiro atoms. The summed E-state index contributed by atoms with van der Waals surface area (Å²) in [6.07, 6.45) is 0. The molecule has 0 saturated heterocycles. The van der Waals surface area contributed by atoms with Crippen molar-refractivity contribution in [3.8, 4) is 5.75 Å². The van der Waals surface area contributed by atoms with Crippen molar-refractivity contribution in [1.82, 2.24) is 5.32 Å². The Labute approximate surface area is 71.4 Å². The molecule has 1 aromatic rings. The van der Waals surface area contributed by atoms with Gasteiger partial charge in [-0.25, -0.2) is 0 Å². The van der Waals surface area contributed by atoms with E-state index in [1.807, 2.05) is 0 Å². The van der Waals surface area contributed by atoms with Crippen molar-refractivity contribution in [3.63, 3.8) is 0 Å². The van der Waals surface area contributed by atoms with Gasteiger partial charge in [-0.15, -0.1) is 0 Å². The Morgan fingerprint density at radius 1 is 1.58 bits per heavy atom. The van der Waals surface area contributed by atoms with E-state index in [0.29, 0.717) is 11.3 Å². The van der Waals surface area contributed by atoms with Gasteiger partial charge in [-0.2, -0.15) is 0 Å². The third-order valence-corrected chi connectivity index (χ3v) is 1.49. The maximum Gasteiger partial charge on any atom is 0.251 e. The molecular weight excluding hydrogens is 154 g/mol. The fraction of sp³-hybridized carbons (Fsp3) is 0.222. The first kappa shape index (κ1) is 8.59. The van der Waals surface area contributed by atoms with Gasteiger partial charge in [0.15, 0.2) is 0 Å². The minimum absolute atomic E-state index is 0.117. The van der Waals surface area contributed by atoms with Crippen molar-refractivity contribution in [1.29, 1.82) is 0 Å². The van der Waals surface area contributed by atoms with Crippen LogP contribution in [0, 0.1) is 6.07 Å². The molecule has 0 aliphatic rings. The summed E-state index contributed by atoms with van der Waals surface area (Å²) in [5, 5.41) is 2.52. The Kier molecular flexibility index (Phi) is 2.69. The Balaban J connectivity index is 2.84. The number of benzene rings is 1. The molecule has 0 heterocycles. The first-order chi connectivity index (χ1) is 5.77. The van der Waals surface area contributed by atoms with Gasteiger partial charge in [0.1, 0.15) is 5.75 Å². The highest BCUT2D eigenvalue weighted by atomic mass is 16.5. The Hall–Kier alpha value is -1.51. The third-order valence-electron chi connectivity index (χ3n) is 1.49. The van der Waals surface area contributed by atoms with Gasteiger partial charge in [0, 0.05) is 18.7 Å². The van der Waals surface area contributed by atoms with Crippen molar-refractivity contribution in [2.45, 2.75) is 0 Å². The maximum absolute atomic E-state index is 11.0. The van der Waals surface area contributed by atoms with E-state index in [4.69, 9.17) is 4.74 Å². The number of amides is 1. The predicted octanol–water partition coefficient (Wildman–Crippen LogP) is 0.855. The lowest BCUT2D eigenvalue weighted by Crippen LogP contribution is -2.17. The van der Waals surface area contributed by atoms with Gasteiger partial charge in [-0.3, -0.25) is 4.79 Å². The monoisotopic (exact) mass is 164 g/mol. The molecule has 0 unspecified atom stereocenters. The molecule has 12 heavy (non-hydrogen) atoms. The zero-order chi connectivity index (χ0) is 8.97. The minimum atomic E-state index is -0.117. The summed E-state index contributed by atoms with van der Waals surface area (Å²) < 4.78 is 4.90. The number of rotatable bonds is 2. The maximum atomic E-state index is 11.0. The largest absolute Gasteiger partial charge is 0.496 e. The SMILES string of the molecule is CNC(=O)c1c[c]c(OC)cc1. The van der Waals surface area contributed by atoms with Crippen molar-refractivity contribution in [2.75, 3.05) is 14.2 Å². The molecule has 0 aliphatic heterocycles. The summed E-state index contributed by atoms with van der Waals surface area (Å²) in [4.78, 5) is 11.0. The molecule has 3 heteroatoms. The lowest BCUT2D eigenvalue weighted by atomic mass is 10.2. The fourth-order valence-electron chi connectivity index (χ4n) is 0.823. The summed E-state index contributed by atoms with van der Waals surface area (Å²) in [5.74, 6) is 0.511. The predicted molar refractivity (Wildman–Crippen MR) is 45.2 cm³/mol. The van der Waals surface area contributed by atoms with Gasteiger partial charge in [0.25, 0.3) is 5.91 Å². The van der Waals surface area contributed by atoms with Gasteiger partial charge in [-0.05, 0) is 18.2 Å². The van der Waals surface area contributed by atoms with Crippen molar-refractivity contribution in [2.24, 2.45) is 0 Å². The van der Waals surface area contributed by atoms with Crippen LogP contribution in [-0.4, -0.2) is 20.1 Å². The Bertz CT molecular complexity index is 266. The van der Waals surface area contributed by atoms with Crippen LogP contribution in [0.2, 0.25) is 0 Å². The van der Waals surface area contributed by atoms with E-state index in [1.54, 1.807) is 32.4 Å². The number of ether oxygens (including phenoxy) is 1. The number of carbonyl (C=O) groups is 1. The Morgan fingerprint density at radius 3 is 2.75 bits per heavy atom. The van der Waals surface area contributed by atoms with E-state index in [1.165, 1.54) is 0 Å². The van der Waals surface area contributed by atoms with Crippen LogP contribution in [0.15, 0.2) is 18.2 Å². The summed E-state index contributed by atoms with van der Waals surface area (Å²) in [6.45, 7) is 0. The topological polar surface area (TPSA) is 38.3 Å². The molecule has 3 nitrogen and oxygen atoms in total. The molecule has 1 amide bonds. The molecule has 0 aliphatic carbocycles. The van der Waals surface area contributed by atoms with E-state index >= 15 is 0 Å². The summed E-state index contributed by atoms with van der Waals surface area (Å²) in [7, 11) is 3.15. The molecule has 0 bridgehead atoms. The first-order valence-electron chi connectivity index (χ1n) is 3.55. The zero-order valence-corrected chi connectivity index (χ0v) is 7.05. The van der Waals surface area contributed by atoms with E-state index in [2.05, 4.69) is 11.4 Å². The van der Waals surface area contributed by atoms with E-state index in [9.17, 15) is 4.79 Å². The van der Waals surface area contributed by atoms with Crippen LogP contribution in [0.1, 0.15) is 10.4 Å². The van der Waals surface area contributed by atoms with Crippen LogP contribution in [0.5, 0.6) is 5.75 Å². The number of carbonyl (C=O) groups excluding carboxylic acids is 1. The first-order valence-corrected chi connectivity index (χ1v) is 3.55. The van der Waals surface area contributed by atoms with Gasteiger partial charge < -0.3 is 10.1 Å². The fourth-order valence-corrected chi connectivity index (χ4v) is 0.823. The molecule has 0 saturated carbocycles. The summed E-state index contributed by atoms with van der Waals surface area (Å²) in [5.41, 5.74) is 0.582. The van der Waals surface area contributed by atoms with Gasteiger partial charge in [-0.1, -0.05) is 0 Å². The van der Waals surface area contributed by atoms with Crippen LogP contribution in [0.4, 0.5) is 0 Å². The molecule has 1 radical (unpaired) electrons. The smallest absolute Gasteiger partial charge is 0.251 e. The van der Waals surface area contributed by atoms with Crippen LogP contribution >= 0.6 is 0 Å². The quantitative estimate of drug-likeness (QED) is 0.703. The molecule has 1 aromatic carbocycles. The van der Waals surface area contributed by atoms with Gasteiger partial charge >= 0.3 is 0 Å². The lowest BCUT2D eigenvalue weighted by Gasteiger charge is -2.00. The van der Waals surface area contributed by atoms with Crippen LogP contribution < -0.4 is 10.1 Å². The van der Waals surface area contributed by atoms with E-state index in [-0.39, 0.29) is 5.91 Å². The van der Waals surface area contributed by atoms with Crippen LogP contribution in [-0.2, 0) is 0 Å². The number of hydrogen-bond donors (Lipinski definition) is 1. The zero-order valence-electron chi connectivity index (χ0n) is 7.05. The second-order valence-corrected chi connectivity index (χ2v) is 2.22. The number of nitrogens with one attached hydrogen (secondary N) is 1. The molecule has 1 N–H and O–H groups in total. The average Bonchev–Trinajstić information content (AvgIpc) is 2.17. The second-order valence-electron chi connectivity index (χ2n) is 2.22. The van der Waals surface area contributed by atoms with E-state index in [0.717, 1.165) is 0 Å². The van der Waals surface area contributed by atoms with Crippen molar-refractivity contribution < 1.29 is 9.53 Å². The highest BCUT2D eigenvalue weighted by Gasteiger charge is 2.01.